The third-order valence-electron chi connectivity index (χ3n) is 3.67. The second-order valence-electron chi connectivity index (χ2n) is 5.37. The van der Waals surface area contributed by atoms with Crippen LogP contribution in [0.25, 0.3) is 0 Å². The van der Waals surface area contributed by atoms with E-state index in [1.807, 2.05) is 0 Å². The fourth-order valence-electron chi connectivity index (χ4n) is 2.37. The van der Waals surface area contributed by atoms with Crippen LogP contribution in [0, 0.1) is 0 Å². The molecule has 0 radical (unpaired) electrons. The van der Waals surface area contributed by atoms with E-state index in [1.54, 1.807) is 48.5 Å². The predicted molar refractivity (Wildman–Crippen MR) is 96.9 cm³/mol. The van der Waals surface area contributed by atoms with Crippen LogP contribution in [-0.4, -0.2) is 17.6 Å². The van der Waals surface area contributed by atoms with Gasteiger partial charge in [0, 0.05) is 16.3 Å². The largest absolute Gasteiger partial charge is 0.350 e. The van der Waals surface area contributed by atoms with Gasteiger partial charge in [0.1, 0.15) is 10.7 Å². The van der Waals surface area contributed by atoms with Gasteiger partial charge < -0.3 is 5.32 Å². The number of imide groups is 1. The second-order valence-corrected chi connectivity index (χ2v) is 6.18. The van der Waals surface area contributed by atoms with Crippen molar-refractivity contribution < 1.29 is 14.4 Å². The van der Waals surface area contributed by atoms with Crippen molar-refractivity contribution in [3.05, 3.63) is 69.8 Å². The zero-order valence-electron chi connectivity index (χ0n) is 13.0. The fourth-order valence-corrected chi connectivity index (χ4v) is 2.71. The van der Waals surface area contributed by atoms with Gasteiger partial charge in [0.2, 0.25) is 0 Å². The topological polar surface area (TPSA) is 66.5 Å². The Morgan fingerprint density at radius 3 is 2.08 bits per heavy atom. The predicted octanol–water partition coefficient (Wildman–Crippen LogP) is 3.98. The van der Waals surface area contributed by atoms with Crippen LogP contribution in [0.5, 0.6) is 0 Å². The summed E-state index contributed by atoms with van der Waals surface area (Å²) in [5, 5.41) is 3.14. The molecular weight excluding hydrogens is 363 g/mol. The number of hydrogen-bond donors (Lipinski definition) is 1. The third-order valence-corrected chi connectivity index (χ3v) is 4.28. The Kier molecular flexibility index (Phi) is 4.61. The smallest absolute Gasteiger partial charge is 0.283 e. The van der Waals surface area contributed by atoms with E-state index in [1.165, 1.54) is 6.92 Å². The lowest BCUT2D eigenvalue weighted by Gasteiger charge is -2.15. The zero-order valence-corrected chi connectivity index (χ0v) is 14.6. The molecule has 0 saturated carbocycles. The van der Waals surface area contributed by atoms with Crippen molar-refractivity contribution in [2.45, 2.75) is 6.92 Å². The van der Waals surface area contributed by atoms with E-state index < -0.39 is 11.8 Å². The summed E-state index contributed by atoms with van der Waals surface area (Å²) < 4.78 is 0. The molecule has 2 aromatic rings. The monoisotopic (exact) mass is 374 g/mol. The molecule has 0 atom stereocenters. The van der Waals surface area contributed by atoms with Crippen molar-refractivity contribution in [3.8, 4) is 0 Å². The van der Waals surface area contributed by atoms with Crippen molar-refractivity contribution in [3.63, 3.8) is 0 Å². The fraction of sp³-hybridized carbons (Fsp3) is 0.0556. The lowest BCUT2D eigenvalue weighted by Crippen LogP contribution is -2.32. The maximum absolute atomic E-state index is 12.6. The molecule has 7 heteroatoms. The third kappa shape index (κ3) is 3.29. The summed E-state index contributed by atoms with van der Waals surface area (Å²) in [6, 6.07) is 12.8. The number of amides is 2. The lowest BCUT2D eigenvalue weighted by atomic mass is 10.1. The van der Waals surface area contributed by atoms with Crippen LogP contribution < -0.4 is 10.2 Å². The molecule has 0 bridgehead atoms. The summed E-state index contributed by atoms with van der Waals surface area (Å²) in [7, 11) is 0. The number of nitrogens with one attached hydrogen (secondary N) is 1. The van der Waals surface area contributed by atoms with Crippen molar-refractivity contribution in [2.75, 3.05) is 10.2 Å². The van der Waals surface area contributed by atoms with Gasteiger partial charge in [-0.15, -0.1) is 0 Å². The molecule has 0 spiro atoms. The summed E-state index contributed by atoms with van der Waals surface area (Å²) in [5.41, 5.74) is 1.44. The Labute approximate surface area is 153 Å². The summed E-state index contributed by atoms with van der Waals surface area (Å²) in [6.45, 7) is 1.46. The number of carbonyl (C=O) groups excluding carboxylic acids is 3. The van der Waals surface area contributed by atoms with Gasteiger partial charge >= 0.3 is 0 Å². The standard InChI is InChI=1S/C18H12Cl2N2O3/c1-10(23)11-2-6-13(7-3-11)21-16-15(20)17(24)22(18(16)25)14-8-4-12(19)5-9-14/h2-9,21H,1H3. The first-order valence-corrected chi connectivity index (χ1v) is 8.06. The maximum atomic E-state index is 12.6. The van der Waals surface area contributed by atoms with Crippen LogP contribution in [0.1, 0.15) is 17.3 Å². The molecule has 0 fully saturated rings. The van der Waals surface area contributed by atoms with Crippen molar-refractivity contribution >= 4 is 52.2 Å². The SMILES string of the molecule is CC(=O)c1ccc(NC2=C(Cl)C(=O)N(c3ccc(Cl)cc3)C2=O)cc1. The van der Waals surface area contributed by atoms with E-state index in [4.69, 9.17) is 23.2 Å². The van der Waals surface area contributed by atoms with Crippen LogP contribution in [0.4, 0.5) is 11.4 Å². The maximum Gasteiger partial charge on any atom is 0.283 e. The van der Waals surface area contributed by atoms with E-state index >= 15 is 0 Å². The minimum atomic E-state index is -0.614. The Bertz CT molecular complexity index is 903. The Morgan fingerprint density at radius 1 is 0.920 bits per heavy atom. The van der Waals surface area contributed by atoms with E-state index in [0.29, 0.717) is 22.0 Å². The Morgan fingerprint density at radius 2 is 1.52 bits per heavy atom. The number of Topliss-reactive ketones (excluding diaryl/α,β-unsaturated/α-hetero) is 1. The number of benzene rings is 2. The number of hydrogen-bond acceptors (Lipinski definition) is 4. The van der Waals surface area contributed by atoms with Gasteiger partial charge in [0.25, 0.3) is 11.8 Å². The minimum Gasteiger partial charge on any atom is -0.350 e. The van der Waals surface area contributed by atoms with E-state index in [-0.39, 0.29) is 16.5 Å². The highest BCUT2D eigenvalue weighted by atomic mass is 35.5. The second kappa shape index (κ2) is 6.70. The molecular formula is C18H12Cl2N2O3. The quantitative estimate of drug-likeness (QED) is 0.649. The van der Waals surface area contributed by atoms with Crippen molar-refractivity contribution in [1.29, 1.82) is 0 Å². The number of anilines is 2. The molecule has 1 aliphatic heterocycles. The highest BCUT2D eigenvalue weighted by Gasteiger charge is 2.38. The highest BCUT2D eigenvalue weighted by molar-refractivity contribution is 6.53. The van der Waals surface area contributed by atoms with Crippen LogP contribution in [0.2, 0.25) is 5.02 Å². The molecule has 2 aromatic carbocycles. The Hall–Kier alpha value is -2.63. The van der Waals surface area contributed by atoms with Gasteiger partial charge in [-0.05, 0) is 55.5 Å². The number of rotatable bonds is 4. The molecule has 3 rings (SSSR count). The number of carbonyl (C=O) groups is 3. The Balaban J connectivity index is 1.86. The number of ketones is 1. The van der Waals surface area contributed by atoms with Gasteiger partial charge in [0.15, 0.2) is 5.78 Å². The molecule has 1 N–H and O–H groups in total. The van der Waals surface area contributed by atoms with Crippen LogP contribution in [0.15, 0.2) is 59.3 Å². The molecule has 0 unspecified atom stereocenters. The van der Waals surface area contributed by atoms with E-state index in [0.717, 1.165) is 4.90 Å². The minimum absolute atomic E-state index is 0.0165. The summed E-state index contributed by atoms with van der Waals surface area (Å²) >= 11 is 11.9. The summed E-state index contributed by atoms with van der Waals surface area (Å²) in [5.74, 6) is -1.24. The molecule has 0 saturated heterocycles. The first-order valence-electron chi connectivity index (χ1n) is 7.30. The molecule has 1 heterocycles. The molecule has 0 aromatic heterocycles. The van der Waals surface area contributed by atoms with Gasteiger partial charge in [-0.1, -0.05) is 23.2 Å². The van der Waals surface area contributed by atoms with Gasteiger partial charge in [0.05, 0.1) is 5.69 Å². The lowest BCUT2D eigenvalue weighted by molar-refractivity contribution is -0.120. The summed E-state index contributed by atoms with van der Waals surface area (Å²) in [4.78, 5) is 37.2. The molecule has 5 nitrogen and oxygen atoms in total. The number of nitrogens with zero attached hydrogens (tertiary/aromatic N) is 1. The van der Waals surface area contributed by atoms with Crippen molar-refractivity contribution in [2.24, 2.45) is 0 Å². The normalized spacial score (nSPS) is 14.3. The number of halogens is 2. The van der Waals surface area contributed by atoms with E-state index in [9.17, 15) is 14.4 Å². The van der Waals surface area contributed by atoms with E-state index in [2.05, 4.69) is 5.32 Å². The highest BCUT2D eigenvalue weighted by Crippen LogP contribution is 2.30. The first-order chi connectivity index (χ1) is 11.9. The summed E-state index contributed by atoms with van der Waals surface area (Å²) in [6.07, 6.45) is 0. The molecule has 0 aliphatic carbocycles. The average Bonchev–Trinajstić information content (AvgIpc) is 2.80. The molecule has 25 heavy (non-hydrogen) atoms. The van der Waals surface area contributed by atoms with Crippen LogP contribution in [0.3, 0.4) is 0 Å². The van der Waals surface area contributed by atoms with Crippen molar-refractivity contribution in [1.82, 2.24) is 0 Å². The molecule has 1 aliphatic rings. The van der Waals surface area contributed by atoms with Gasteiger partial charge in [-0.2, -0.15) is 0 Å². The molecule has 126 valence electrons. The molecule has 2 amide bonds. The average molecular weight is 375 g/mol. The van der Waals surface area contributed by atoms with Crippen LogP contribution >= 0.6 is 23.2 Å². The zero-order chi connectivity index (χ0) is 18.1. The van der Waals surface area contributed by atoms with Gasteiger partial charge in [-0.25, -0.2) is 4.90 Å². The van der Waals surface area contributed by atoms with Gasteiger partial charge in [-0.3, -0.25) is 14.4 Å². The first kappa shape index (κ1) is 17.2. The van der Waals surface area contributed by atoms with Crippen LogP contribution in [-0.2, 0) is 9.59 Å².